The van der Waals surface area contributed by atoms with E-state index < -0.39 is 0 Å². The van der Waals surface area contributed by atoms with Crippen LogP contribution < -0.4 is 11.1 Å². The van der Waals surface area contributed by atoms with Gasteiger partial charge >= 0.3 is 0 Å². The lowest BCUT2D eigenvalue weighted by Gasteiger charge is -2.18. The standard InChI is InChI=1S/C15H19N7/c1-15(2,16)6-9-18-14-17-8-5-12(21-14)11-10-20-22-13(11)4-3-7-19-22/h3-5,7-8,10H,6,9,16H2,1-2H3,(H,17,18,21). The van der Waals surface area contributed by atoms with E-state index in [4.69, 9.17) is 5.73 Å². The van der Waals surface area contributed by atoms with Gasteiger partial charge in [0.25, 0.3) is 0 Å². The van der Waals surface area contributed by atoms with E-state index >= 15 is 0 Å². The number of fused-ring (bicyclic) bond motifs is 1. The Labute approximate surface area is 128 Å². The lowest BCUT2D eigenvalue weighted by atomic mass is 10.0. The average Bonchev–Trinajstić information content (AvgIpc) is 2.90. The molecule has 0 aromatic carbocycles. The predicted molar refractivity (Wildman–Crippen MR) is 85.4 cm³/mol. The van der Waals surface area contributed by atoms with E-state index in [1.807, 2.05) is 32.0 Å². The van der Waals surface area contributed by atoms with Crippen LogP contribution >= 0.6 is 0 Å². The van der Waals surface area contributed by atoms with E-state index in [1.54, 1.807) is 23.2 Å². The third-order valence-corrected chi connectivity index (χ3v) is 3.29. The minimum absolute atomic E-state index is 0.210. The summed E-state index contributed by atoms with van der Waals surface area (Å²) in [6.45, 7) is 4.72. The third kappa shape index (κ3) is 3.20. The molecule has 3 rings (SSSR count). The summed E-state index contributed by atoms with van der Waals surface area (Å²) in [4.78, 5) is 8.78. The lowest BCUT2D eigenvalue weighted by Crippen LogP contribution is -2.34. The van der Waals surface area contributed by atoms with E-state index in [9.17, 15) is 0 Å². The molecule has 0 aliphatic heterocycles. The summed E-state index contributed by atoms with van der Waals surface area (Å²) < 4.78 is 1.58. The second kappa shape index (κ2) is 5.69. The Morgan fingerprint density at radius 1 is 1.23 bits per heavy atom. The maximum Gasteiger partial charge on any atom is 0.223 e. The smallest absolute Gasteiger partial charge is 0.223 e. The van der Waals surface area contributed by atoms with Crippen LogP contribution in [0.2, 0.25) is 0 Å². The molecular formula is C15H19N7. The van der Waals surface area contributed by atoms with Crippen molar-refractivity contribution in [3.05, 3.63) is 36.8 Å². The summed E-state index contributed by atoms with van der Waals surface area (Å²) >= 11 is 0. The third-order valence-electron chi connectivity index (χ3n) is 3.29. The number of nitrogens with two attached hydrogens (primary N) is 1. The van der Waals surface area contributed by atoms with Crippen molar-refractivity contribution < 1.29 is 0 Å². The van der Waals surface area contributed by atoms with E-state index in [-0.39, 0.29) is 5.54 Å². The summed E-state index contributed by atoms with van der Waals surface area (Å²) in [5, 5.41) is 11.6. The van der Waals surface area contributed by atoms with Gasteiger partial charge < -0.3 is 11.1 Å². The molecule has 3 heterocycles. The van der Waals surface area contributed by atoms with Crippen LogP contribution in [0, 0.1) is 0 Å². The monoisotopic (exact) mass is 297 g/mol. The Kier molecular flexibility index (Phi) is 3.72. The normalized spacial score (nSPS) is 11.8. The van der Waals surface area contributed by atoms with Crippen molar-refractivity contribution in [1.82, 2.24) is 24.8 Å². The number of rotatable bonds is 5. The number of nitrogens with one attached hydrogen (secondary N) is 1. The molecule has 0 fully saturated rings. The van der Waals surface area contributed by atoms with Gasteiger partial charge in [0, 0.05) is 30.0 Å². The van der Waals surface area contributed by atoms with E-state index in [0.29, 0.717) is 5.95 Å². The van der Waals surface area contributed by atoms with Crippen molar-refractivity contribution in [2.45, 2.75) is 25.8 Å². The first-order chi connectivity index (χ1) is 10.5. The first kappa shape index (κ1) is 14.4. The number of hydrogen-bond donors (Lipinski definition) is 2. The zero-order valence-electron chi connectivity index (χ0n) is 12.7. The molecule has 0 unspecified atom stereocenters. The van der Waals surface area contributed by atoms with Crippen molar-refractivity contribution in [1.29, 1.82) is 0 Å². The molecule has 3 aromatic rings. The largest absolute Gasteiger partial charge is 0.354 e. The number of aromatic nitrogens is 5. The molecule has 0 saturated carbocycles. The van der Waals surface area contributed by atoms with Gasteiger partial charge in [0.05, 0.1) is 17.4 Å². The van der Waals surface area contributed by atoms with Gasteiger partial charge in [-0.15, -0.1) is 0 Å². The second-order valence-electron chi connectivity index (χ2n) is 5.89. The van der Waals surface area contributed by atoms with Gasteiger partial charge in [0.15, 0.2) is 0 Å². The highest BCUT2D eigenvalue weighted by Crippen LogP contribution is 2.22. The van der Waals surface area contributed by atoms with Gasteiger partial charge in [-0.3, -0.25) is 0 Å². The maximum atomic E-state index is 5.97. The van der Waals surface area contributed by atoms with Crippen molar-refractivity contribution >= 4 is 11.5 Å². The quantitative estimate of drug-likeness (QED) is 0.745. The molecule has 0 spiro atoms. The van der Waals surface area contributed by atoms with E-state index in [0.717, 1.165) is 29.7 Å². The van der Waals surface area contributed by atoms with E-state index in [1.165, 1.54) is 0 Å². The van der Waals surface area contributed by atoms with Crippen LogP contribution in [0.4, 0.5) is 5.95 Å². The van der Waals surface area contributed by atoms with Crippen LogP contribution in [0.3, 0.4) is 0 Å². The molecule has 0 atom stereocenters. The highest BCUT2D eigenvalue weighted by molar-refractivity contribution is 5.77. The minimum atomic E-state index is -0.210. The second-order valence-corrected chi connectivity index (χ2v) is 5.89. The Morgan fingerprint density at radius 3 is 2.91 bits per heavy atom. The Morgan fingerprint density at radius 2 is 2.09 bits per heavy atom. The van der Waals surface area contributed by atoms with Crippen molar-refractivity contribution in [3.63, 3.8) is 0 Å². The number of hydrogen-bond acceptors (Lipinski definition) is 6. The topological polar surface area (TPSA) is 94.0 Å². The predicted octanol–water partition coefficient (Wildman–Crippen LogP) is 1.73. The fourth-order valence-corrected chi connectivity index (χ4v) is 2.12. The van der Waals surface area contributed by atoms with Crippen molar-refractivity contribution in [2.24, 2.45) is 5.73 Å². The summed E-state index contributed by atoms with van der Waals surface area (Å²) in [5.74, 6) is 0.588. The van der Waals surface area contributed by atoms with Gasteiger partial charge in [-0.2, -0.15) is 14.8 Å². The molecule has 3 N–H and O–H groups in total. The molecule has 0 bridgehead atoms. The van der Waals surface area contributed by atoms with Crippen LogP contribution in [0.5, 0.6) is 0 Å². The fourth-order valence-electron chi connectivity index (χ4n) is 2.12. The minimum Gasteiger partial charge on any atom is -0.354 e. The molecule has 0 radical (unpaired) electrons. The molecule has 3 aromatic heterocycles. The molecule has 7 nitrogen and oxygen atoms in total. The summed E-state index contributed by atoms with van der Waals surface area (Å²) in [6, 6.07) is 5.70. The number of anilines is 1. The average molecular weight is 297 g/mol. The van der Waals surface area contributed by atoms with Gasteiger partial charge in [0.1, 0.15) is 0 Å². The molecule has 0 aliphatic rings. The van der Waals surface area contributed by atoms with Crippen LogP contribution in [0.15, 0.2) is 36.8 Å². The zero-order chi connectivity index (χ0) is 15.6. The van der Waals surface area contributed by atoms with Crippen LogP contribution in [0.1, 0.15) is 20.3 Å². The molecular weight excluding hydrogens is 278 g/mol. The van der Waals surface area contributed by atoms with Crippen LogP contribution in [0.25, 0.3) is 16.8 Å². The summed E-state index contributed by atoms with van der Waals surface area (Å²) in [6.07, 6.45) is 6.03. The molecule has 0 saturated heterocycles. The zero-order valence-corrected chi connectivity index (χ0v) is 12.7. The number of nitrogens with zero attached hydrogens (tertiary/aromatic N) is 5. The van der Waals surface area contributed by atoms with Gasteiger partial charge in [0.2, 0.25) is 5.95 Å². The molecule has 114 valence electrons. The van der Waals surface area contributed by atoms with Crippen molar-refractivity contribution in [2.75, 3.05) is 11.9 Å². The summed E-state index contributed by atoms with van der Waals surface area (Å²) in [7, 11) is 0. The van der Waals surface area contributed by atoms with E-state index in [2.05, 4.69) is 25.5 Å². The van der Waals surface area contributed by atoms with Gasteiger partial charge in [-0.1, -0.05) is 0 Å². The highest BCUT2D eigenvalue weighted by Gasteiger charge is 2.11. The highest BCUT2D eigenvalue weighted by atomic mass is 15.4. The first-order valence-electron chi connectivity index (χ1n) is 7.18. The Hall–Kier alpha value is -2.54. The summed E-state index contributed by atoms with van der Waals surface area (Å²) in [5.41, 5.74) is 8.41. The van der Waals surface area contributed by atoms with Crippen LogP contribution in [-0.2, 0) is 0 Å². The molecule has 7 heteroatoms. The molecule has 0 amide bonds. The van der Waals surface area contributed by atoms with Crippen molar-refractivity contribution in [3.8, 4) is 11.3 Å². The van der Waals surface area contributed by atoms with Gasteiger partial charge in [-0.05, 0) is 38.5 Å². The first-order valence-corrected chi connectivity index (χ1v) is 7.18. The fraction of sp³-hybridized carbons (Fsp3) is 0.333. The Balaban J connectivity index is 1.82. The molecule has 0 aliphatic carbocycles. The Bertz CT molecular complexity index is 773. The SMILES string of the molecule is CC(C)(N)CCNc1nccc(-c2cnn3ncccc23)n1. The lowest BCUT2D eigenvalue weighted by molar-refractivity contribution is 0.490. The van der Waals surface area contributed by atoms with Crippen LogP contribution in [-0.4, -0.2) is 36.9 Å². The van der Waals surface area contributed by atoms with Gasteiger partial charge in [-0.25, -0.2) is 9.97 Å². The maximum absolute atomic E-state index is 5.97. The molecule has 22 heavy (non-hydrogen) atoms.